The molecule has 0 bridgehead atoms. The van der Waals surface area contributed by atoms with Crippen molar-refractivity contribution in [1.82, 2.24) is 10.3 Å². The fourth-order valence-electron chi connectivity index (χ4n) is 3.17. The topological polar surface area (TPSA) is 24.9 Å². The fourth-order valence-corrected chi connectivity index (χ4v) is 3.17. The van der Waals surface area contributed by atoms with Gasteiger partial charge in [-0.1, -0.05) is 26.7 Å². The van der Waals surface area contributed by atoms with Crippen LogP contribution in [0.4, 0.5) is 4.39 Å². The normalized spacial score (nSPS) is 25.2. The van der Waals surface area contributed by atoms with Crippen LogP contribution in [0.25, 0.3) is 0 Å². The smallest absolute Gasteiger partial charge is 0.141 e. The SMILES string of the molecule is CCCNC(c1ccc(F)cn1)C1CCCC(C)C1. The second-order valence-corrected chi connectivity index (χ2v) is 5.86. The Hall–Kier alpha value is -0.960. The van der Waals surface area contributed by atoms with Crippen LogP contribution in [0, 0.1) is 17.7 Å². The lowest BCUT2D eigenvalue weighted by atomic mass is 9.77. The highest BCUT2D eigenvalue weighted by atomic mass is 19.1. The van der Waals surface area contributed by atoms with Gasteiger partial charge in [0.05, 0.1) is 17.9 Å². The van der Waals surface area contributed by atoms with Gasteiger partial charge in [0.25, 0.3) is 0 Å². The predicted molar refractivity (Wildman–Crippen MR) is 76.4 cm³/mol. The first-order chi connectivity index (χ1) is 9.20. The molecular formula is C16H25FN2. The molecular weight excluding hydrogens is 239 g/mol. The lowest BCUT2D eigenvalue weighted by molar-refractivity contribution is 0.221. The van der Waals surface area contributed by atoms with Crippen molar-refractivity contribution >= 4 is 0 Å². The molecule has 2 nitrogen and oxygen atoms in total. The monoisotopic (exact) mass is 264 g/mol. The maximum atomic E-state index is 13.0. The highest BCUT2D eigenvalue weighted by Crippen LogP contribution is 2.36. The van der Waals surface area contributed by atoms with E-state index in [9.17, 15) is 4.39 Å². The van der Waals surface area contributed by atoms with Crippen LogP contribution in [0.1, 0.15) is 57.7 Å². The second-order valence-electron chi connectivity index (χ2n) is 5.86. The molecule has 1 saturated carbocycles. The molecule has 0 saturated heterocycles. The number of pyridine rings is 1. The zero-order valence-electron chi connectivity index (χ0n) is 12.0. The molecule has 2 rings (SSSR count). The first kappa shape index (κ1) is 14.4. The molecule has 0 amide bonds. The molecule has 19 heavy (non-hydrogen) atoms. The van der Waals surface area contributed by atoms with Gasteiger partial charge in [-0.05, 0) is 49.8 Å². The summed E-state index contributed by atoms with van der Waals surface area (Å²) >= 11 is 0. The van der Waals surface area contributed by atoms with Crippen molar-refractivity contribution in [3.05, 3.63) is 29.8 Å². The summed E-state index contributed by atoms with van der Waals surface area (Å²) in [7, 11) is 0. The van der Waals surface area contributed by atoms with E-state index < -0.39 is 0 Å². The molecule has 1 N–H and O–H groups in total. The highest BCUT2D eigenvalue weighted by molar-refractivity contribution is 5.11. The molecule has 0 spiro atoms. The van der Waals surface area contributed by atoms with Crippen molar-refractivity contribution < 1.29 is 4.39 Å². The molecule has 3 heteroatoms. The van der Waals surface area contributed by atoms with E-state index >= 15 is 0 Å². The van der Waals surface area contributed by atoms with Gasteiger partial charge in [0.2, 0.25) is 0 Å². The van der Waals surface area contributed by atoms with Crippen LogP contribution in [0.5, 0.6) is 0 Å². The van der Waals surface area contributed by atoms with Crippen LogP contribution in [-0.4, -0.2) is 11.5 Å². The molecule has 1 aromatic heterocycles. The van der Waals surface area contributed by atoms with Gasteiger partial charge in [0.1, 0.15) is 5.82 Å². The molecule has 0 radical (unpaired) electrons. The minimum Gasteiger partial charge on any atom is -0.308 e. The Morgan fingerprint density at radius 2 is 2.26 bits per heavy atom. The van der Waals surface area contributed by atoms with Crippen molar-refractivity contribution in [1.29, 1.82) is 0 Å². The molecule has 1 aliphatic carbocycles. The van der Waals surface area contributed by atoms with Gasteiger partial charge in [-0.3, -0.25) is 4.98 Å². The van der Waals surface area contributed by atoms with Crippen LogP contribution in [0.2, 0.25) is 0 Å². The lowest BCUT2D eigenvalue weighted by Gasteiger charge is -2.33. The van der Waals surface area contributed by atoms with Gasteiger partial charge in [0.15, 0.2) is 0 Å². The molecule has 1 fully saturated rings. The Morgan fingerprint density at radius 1 is 1.42 bits per heavy atom. The third kappa shape index (κ3) is 4.00. The number of nitrogens with zero attached hydrogens (tertiary/aromatic N) is 1. The lowest BCUT2D eigenvalue weighted by Crippen LogP contribution is -2.32. The summed E-state index contributed by atoms with van der Waals surface area (Å²) in [5, 5.41) is 3.61. The first-order valence-electron chi connectivity index (χ1n) is 7.55. The van der Waals surface area contributed by atoms with Gasteiger partial charge in [-0.15, -0.1) is 0 Å². The molecule has 3 atom stereocenters. The third-order valence-electron chi connectivity index (χ3n) is 4.13. The van der Waals surface area contributed by atoms with E-state index in [4.69, 9.17) is 0 Å². The van der Waals surface area contributed by atoms with Gasteiger partial charge < -0.3 is 5.32 Å². The second kappa shape index (κ2) is 6.99. The van der Waals surface area contributed by atoms with E-state index in [2.05, 4.69) is 24.1 Å². The van der Waals surface area contributed by atoms with Gasteiger partial charge in [0, 0.05) is 0 Å². The Morgan fingerprint density at radius 3 is 2.89 bits per heavy atom. The number of aromatic nitrogens is 1. The summed E-state index contributed by atoms with van der Waals surface area (Å²) in [4.78, 5) is 4.29. The highest BCUT2D eigenvalue weighted by Gasteiger charge is 2.28. The van der Waals surface area contributed by atoms with E-state index in [1.165, 1.54) is 37.9 Å². The molecule has 1 aromatic rings. The standard InChI is InChI=1S/C16H25FN2/c1-3-9-18-16(13-6-4-5-12(2)10-13)15-8-7-14(17)11-19-15/h7-8,11-13,16,18H,3-6,9-10H2,1-2H3. The molecule has 1 aliphatic rings. The summed E-state index contributed by atoms with van der Waals surface area (Å²) in [5.41, 5.74) is 0.994. The van der Waals surface area contributed by atoms with Crippen LogP contribution in [0.15, 0.2) is 18.3 Å². The summed E-state index contributed by atoms with van der Waals surface area (Å²) in [6.07, 6.45) is 7.60. The van der Waals surface area contributed by atoms with E-state index in [0.717, 1.165) is 24.6 Å². The van der Waals surface area contributed by atoms with Crippen molar-refractivity contribution in [3.8, 4) is 0 Å². The molecule has 0 aliphatic heterocycles. The minimum absolute atomic E-state index is 0.255. The summed E-state index contributed by atoms with van der Waals surface area (Å²) in [5.74, 6) is 1.17. The Kier molecular flexibility index (Phi) is 5.32. The third-order valence-corrected chi connectivity index (χ3v) is 4.13. The first-order valence-corrected chi connectivity index (χ1v) is 7.55. The summed E-state index contributed by atoms with van der Waals surface area (Å²) in [6.45, 7) is 5.50. The van der Waals surface area contributed by atoms with Crippen LogP contribution < -0.4 is 5.32 Å². The van der Waals surface area contributed by atoms with E-state index in [-0.39, 0.29) is 11.9 Å². The van der Waals surface area contributed by atoms with Gasteiger partial charge >= 0.3 is 0 Å². The van der Waals surface area contributed by atoms with E-state index in [0.29, 0.717) is 5.92 Å². The fraction of sp³-hybridized carbons (Fsp3) is 0.688. The van der Waals surface area contributed by atoms with Crippen molar-refractivity contribution in [2.24, 2.45) is 11.8 Å². The Bertz CT molecular complexity index is 377. The Labute approximate surface area is 115 Å². The van der Waals surface area contributed by atoms with Crippen molar-refractivity contribution in [2.45, 2.75) is 52.0 Å². The number of hydrogen-bond acceptors (Lipinski definition) is 2. The van der Waals surface area contributed by atoms with Crippen LogP contribution in [-0.2, 0) is 0 Å². The van der Waals surface area contributed by atoms with Gasteiger partial charge in [-0.25, -0.2) is 4.39 Å². The molecule has 3 unspecified atom stereocenters. The van der Waals surface area contributed by atoms with Crippen molar-refractivity contribution in [2.75, 3.05) is 6.54 Å². The predicted octanol–water partition coefficient (Wildman–Crippen LogP) is 4.09. The quantitative estimate of drug-likeness (QED) is 0.866. The molecule has 1 heterocycles. The zero-order chi connectivity index (χ0) is 13.7. The number of nitrogens with one attached hydrogen (secondary N) is 1. The maximum Gasteiger partial charge on any atom is 0.141 e. The van der Waals surface area contributed by atoms with E-state index in [1.807, 2.05) is 6.07 Å². The molecule has 0 aromatic carbocycles. The summed E-state index contributed by atoms with van der Waals surface area (Å²) in [6, 6.07) is 3.64. The van der Waals surface area contributed by atoms with Crippen LogP contribution in [0.3, 0.4) is 0 Å². The molecule has 106 valence electrons. The maximum absolute atomic E-state index is 13.0. The van der Waals surface area contributed by atoms with E-state index in [1.54, 1.807) is 0 Å². The number of rotatable bonds is 5. The number of hydrogen-bond donors (Lipinski definition) is 1. The zero-order valence-corrected chi connectivity index (χ0v) is 12.0. The van der Waals surface area contributed by atoms with Crippen LogP contribution >= 0.6 is 0 Å². The average Bonchev–Trinajstić information content (AvgIpc) is 2.41. The minimum atomic E-state index is -0.255. The van der Waals surface area contributed by atoms with Crippen molar-refractivity contribution in [3.63, 3.8) is 0 Å². The summed E-state index contributed by atoms with van der Waals surface area (Å²) < 4.78 is 13.0. The number of halogens is 1. The average molecular weight is 264 g/mol. The largest absolute Gasteiger partial charge is 0.308 e. The Balaban J connectivity index is 2.12. The van der Waals surface area contributed by atoms with Gasteiger partial charge in [-0.2, -0.15) is 0 Å².